The summed E-state index contributed by atoms with van der Waals surface area (Å²) in [5.74, 6) is 0. The van der Waals surface area contributed by atoms with E-state index in [0.29, 0.717) is 24.1 Å². The van der Waals surface area contributed by atoms with E-state index in [2.05, 4.69) is 4.72 Å². The maximum atomic E-state index is 12.1. The first-order valence-electron chi connectivity index (χ1n) is 5.75. The molecule has 0 aromatic heterocycles. The summed E-state index contributed by atoms with van der Waals surface area (Å²) < 4.78 is 26.5. The monoisotopic (exact) mass is 323 g/mol. The van der Waals surface area contributed by atoms with Gasteiger partial charge in [0.15, 0.2) is 0 Å². The average Bonchev–Trinajstić information content (AvgIpc) is 2.32. The lowest BCUT2D eigenvalue weighted by Crippen LogP contribution is -2.27. The van der Waals surface area contributed by atoms with Crippen LogP contribution in [-0.2, 0) is 10.0 Å². The number of halogens is 1. The molecule has 0 fully saturated rings. The van der Waals surface area contributed by atoms with Crippen LogP contribution in [0.3, 0.4) is 0 Å². The van der Waals surface area contributed by atoms with E-state index in [9.17, 15) is 18.5 Å². The van der Waals surface area contributed by atoms with Crippen molar-refractivity contribution in [2.75, 3.05) is 13.1 Å². The molecule has 0 atom stereocenters. The van der Waals surface area contributed by atoms with Gasteiger partial charge in [-0.1, -0.05) is 0 Å². The number of nitrogens with one attached hydrogen (secondary N) is 1. The Morgan fingerprint density at radius 2 is 1.95 bits per heavy atom. The van der Waals surface area contributed by atoms with E-state index in [1.54, 1.807) is 13.8 Å². The van der Waals surface area contributed by atoms with Gasteiger partial charge in [-0.15, -0.1) is 12.4 Å². The SMILES string of the molecule is Cc1cc([N+](=O)[O-])cc(S(=O)(=O)NCCCN)c1C.Cl. The lowest BCUT2D eigenvalue weighted by Gasteiger charge is -2.10. The van der Waals surface area contributed by atoms with Crippen LogP contribution in [0.25, 0.3) is 0 Å². The predicted octanol–water partition coefficient (Wildman–Crippen LogP) is 1.26. The minimum Gasteiger partial charge on any atom is -0.330 e. The zero-order valence-electron chi connectivity index (χ0n) is 11.3. The van der Waals surface area contributed by atoms with Crippen LogP contribution >= 0.6 is 12.4 Å². The molecule has 0 aliphatic rings. The second-order valence-corrected chi connectivity index (χ2v) is 5.92. The Morgan fingerprint density at radius 3 is 2.45 bits per heavy atom. The quantitative estimate of drug-likeness (QED) is 0.464. The smallest absolute Gasteiger partial charge is 0.271 e. The average molecular weight is 324 g/mol. The summed E-state index contributed by atoms with van der Waals surface area (Å²) in [5.41, 5.74) is 6.13. The molecule has 114 valence electrons. The van der Waals surface area contributed by atoms with Gasteiger partial charge in [-0.3, -0.25) is 10.1 Å². The second kappa shape index (κ2) is 7.53. The van der Waals surface area contributed by atoms with E-state index < -0.39 is 14.9 Å². The van der Waals surface area contributed by atoms with Crippen molar-refractivity contribution >= 4 is 28.1 Å². The van der Waals surface area contributed by atoms with Crippen LogP contribution < -0.4 is 10.5 Å². The topological polar surface area (TPSA) is 115 Å². The van der Waals surface area contributed by atoms with Crippen molar-refractivity contribution in [3.63, 3.8) is 0 Å². The first-order valence-corrected chi connectivity index (χ1v) is 7.23. The number of nitrogens with two attached hydrogens (primary N) is 1. The van der Waals surface area contributed by atoms with Gasteiger partial charge in [0.25, 0.3) is 5.69 Å². The first kappa shape index (κ1) is 18.8. The number of sulfonamides is 1. The molecule has 0 aliphatic carbocycles. The highest BCUT2D eigenvalue weighted by Gasteiger charge is 2.21. The molecule has 0 heterocycles. The van der Waals surface area contributed by atoms with Gasteiger partial charge < -0.3 is 5.73 Å². The van der Waals surface area contributed by atoms with Gasteiger partial charge in [-0.05, 0) is 37.9 Å². The van der Waals surface area contributed by atoms with Crippen LogP contribution in [0.4, 0.5) is 5.69 Å². The van der Waals surface area contributed by atoms with Gasteiger partial charge in [0.05, 0.1) is 9.82 Å². The van der Waals surface area contributed by atoms with Crippen molar-refractivity contribution in [2.45, 2.75) is 25.2 Å². The minimum absolute atomic E-state index is 0. The van der Waals surface area contributed by atoms with Crippen LogP contribution in [-0.4, -0.2) is 26.4 Å². The Morgan fingerprint density at radius 1 is 1.35 bits per heavy atom. The molecule has 1 aromatic rings. The number of non-ortho nitro benzene ring substituents is 1. The van der Waals surface area contributed by atoms with Crippen molar-refractivity contribution in [1.29, 1.82) is 0 Å². The number of hydrogen-bond acceptors (Lipinski definition) is 5. The fourth-order valence-corrected chi connectivity index (χ4v) is 2.99. The Balaban J connectivity index is 0.00000361. The van der Waals surface area contributed by atoms with Gasteiger partial charge >= 0.3 is 0 Å². The third-order valence-electron chi connectivity index (χ3n) is 2.78. The molecular weight excluding hydrogens is 306 g/mol. The molecule has 0 spiro atoms. The maximum absolute atomic E-state index is 12.1. The van der Waals surface area contributed by atoms with Gasteiger partial charge in [0.1, 0.15) is 0 Å². The Bertz CT molecular complexity index is 590. The van der Waals surface area contributed by atoms with E-state index in [-0.39, 0.29) is 29.5 Å². The third kappa shape index (κ3) is 4.41. The molecule has 3 N–H and O–H groups in total. The zero-order valence-corrected chi connectivity index (χ0v) is 12.9. The summed E-state index contributed by atoms with van der Waals surface area (Å²) in [5, 5.41) is 10.8. The fourth-order valence-electron chi connectivity index (χ4n) is 1.58. The van der Waals surface area contributed by atoms with Gasteiger partial charge in [0, 0.05) is 18.7 Å². The Hall–Kier alpha value is -1.22. The second-order valence-electron chi connectivity index (χ2n) is 4.18. The number of benzene rings is 1. The number of aryl methyl sites for hydroxylation is 1. The minimum atomic E-state index is -3.75. The van der Waals surface area contributed by atoms with E-state index in [4.69, 9.17) is 5.73 Å². The number of nitrogens with zero attached hydrogens (tertiary/aromatic N) is 1. The molecule has 9 heteroatoms. The summed E-state index contributed by atoms with van der Waals surface area (Å²) in [4.78, 5) is 10.1. The van der Waals surface area contributed by atoms with Crippen LogP contribution in [0, 0.1) is 24.0 Å². The number of nitro groups is 1. The van der Waals surface area contributed by atoms with Crippen molar-refractivity contribution in [2.24, 2.45) is 5.73 Å². The molecule has 0 amide bonds. The maximum Gasteiger partial charge on any atom is 0.271 e. The van der Waals surface area contributed by atoms with Crippen LogP contribution in [0.1, 0.15) is 17.5 Å². The van der Waals surface area contributed by atoms with Crippen molar-refractivity contribution in [3.05, 3.63) is 33.4 Å². The summed E-state index contributed by atoms with van der Waals surface area (Å²) >= 11 is 0. The molecule has 0 radical (unpaired) electrons. The molecule has 0 saturated heterocycles. The van der Waals surface area contributed by atoms with Crippen molar-refractivity contribution in [1.82, 2.24) is 4.72 Å². The molecule has 0 aliphatic heterocycles. The number of hydrogen-bond donors (Lipinski definition) is 2. The van der Waals surface area contributed by atoms with Crippen molar-refractivity contribution < 1.29 is 13.3 Å². The highest BCUT2D eigenvalue weighted by molar-refractivity contribution is 7.89. The summed E-state index contributed by atoms with van der Waals surface area (Å²) in [6.07, 6.45) is 0.506. The fraction of sp³-hybridized carbons (Fsp3) is 0.455. The molecule has 20 heavy (non-hydrogen) atoms. The Kier molecular flexibility index (Phi) is 7.07. The van der Waals surface area contributed by atoms with E-state index in [0.717, 1.165) is 6.07 Å². The van der Waals surface area contributed by atoms with E-state index in [1.165, 1.54) is 6.07 Å². The van der Waals surface area contributed by atoms with Crippen LogP contribution in [0.2, 0.25) is 0 Å². The molecule has 1 rings (SSSR count). The van der Waals surface area contributed by atoms with E-state index in [1.807, 2.05) is 0 Å². The third-order valence-corrected chi connectivity index (χ3v) is 4.37. The molecule has 1 aromatic carbocycles. The number of rotatable bonds is 6. The molecule has 7 nitrogen and oxygen atoms in total. The molecule has 0 unspecified atom stereocenters. The van der Waals surface area contributed by atoms with Crippen LogP contribution in [0.15, 0.2) is 17.0 Å². The molecule has 0 bridgehead atoms. The summed E-state index contributed by atoms with van der Waals surface area (Å²) in [6, 6.07) is 2.43. The van der Waals surface area contributed by atoms with E-state index >= 15 is 0 Å². The highest BCUT2D eigenvalue weighted by atomic mass is 35.5. The normalized spacial score (nSPS) is 10.9. The largest absolute Gasteiger partial charge is 0.330 e. The van der Waals surface area contributed by atoms with Gasteiger partial charge in [-0.25, -0.2) is 13.1 Å². The van der Waals surface area contributed by atoms with Crippen molar-refractivity contribution in [3.8, 4) is 0 Å². The molecular formula is C11H18ClN3O4S. The Labute approximate surface area is 124 Å². The summed E-state index contributed by atoms with van der Waals surface area (Å²) in [7, 11) is -3.75. The molecule has 0 saturated carbocycles. The lowest BCUT2D eigenvalue weighted by atomic mass is 10.1. The van der Waals surface area contributed by atoms with Gasteiger partial charge in [-0.2, -0.15) is 0 Å². The highest BCUT2D eigenvalue weighted by Crippen LogP contribution is 2.25. The standard InChI is InChI=1S/C11H17N3O4S.ClH/c1-8-6-10(14(15)16)7-11(9(8)2)19(17,18)13-5-3-4-12;/h6-7,13H,3-5,12H2,1-2H3;1H. The van der Waals surface area contributed by atoms with Crippen LogP contribution in [0.5, 0.6) is 0 Å². The van der Waals surface area contributed by atoms with Gasteiger partial charge in [0.2, 0.25) is 10.0 Å². The number of nitro benzene ring substituents is 1. The first-order chi connectivity index (χ1) is 8.79. The predicted molar refractivity (Wildman–Crippen MR) is 78.7 cm³/mol. The summed E-state index contributed by atoms with van der Waals surface area (Å²) in [6.45, 7) is 3.84. The lowest BCUT2D eigenvalue weighted by molar-refractivity contribution is -0.385. The zero-order chi connectivity index (χ0) is 14.6.